The van der Waals surface area contributed by atoms with Gasteiger partial charge in [0.1, 0.15) is 23.0 Å². The Bertz CT molecular complexity index is 2440. The average Bonchev–Trinajstić information content (AvgIpc) is 3.70. The fraction of sp³-hybridized carbons (Fsp3) is 0.349. The molecule has 1 fully saturated rings. The van der Waals surface area contributed by atoms with Gasteiger partial charge >= 0.3 is 12.1 Å². The van der Waals surface area contributed by atoms with E-state index >= 15 is 13.2 Å². The number of fused-ring (bicyclic) bond motifs is 2. The highest BCUT2D eigenvalue weighted by Crippen LogP contribution is 2.48. The standard InChI is InChI=1S/C43H42ClF4N3O6S/c1-25-37(33(49-50(25)2)23-57-36-8-5-6-18-56-36)38-32(44)15-16-34-39(38)40(43(46,47)48)41(42(52)54-4)51(34)17-7-19-55-35-22-30(21-27-20-28(45)11-14-31(27)35)58-24-26-9-12-29(53-3)13-10-26/h9-16,20-22,36H,5-8,17-19,23-24H2,1-4H3. The molecule has 0 spiro atoms. The lowest BCUT2D eigenvalue weighted by molar-refractivity contribution is -0.169. The zero-order valence-corrected chi connectivity index (χ0v) is 34.0. The van der Waals surface area contributed by atoms with Crippen LogP contribution in [-0.2, 0) is 46.3 Å². The first-order valence-electron chi connectivity index (χ1n) is 18.8. The second-order valence-electron chi connectivity index (χ2n) is 13.9. The van der Waals surface area contributed by atoms with Crippen molar-refractivity contribution in [3.8, 4) is 22.6 Å². The molecule has 0 bridgehead atoms. The number of hydrogen-bond acceptors (Lipinski definition) is 8. The van der Waals surface area contributed by atoms with Crippen molar-refractivity contribution in [2.24, 2.45) is 7.05 Å². The minimum Gasteiger partial charge on any atom is -0.497 e. The van der Waals surface area contributed by atoms with Gasteiger partial charge in [-0.25, -0.2) is 9.18 Å². The maximum absolute atomic E-state index is 15.4. The van der Waals surface area contributed by atoms with E-state index in [1.807, 2.05) is 36.4 Å². The predicted molar refractivity (Wildman–Crippen MR) is 215 cm³/mol. The zero-order chi connectivity index (χ0) is 41.1. The maximum atomic E-state index is 15.4. The summed E-state index contributed by atoms with van der Waals surface area (Å²) in [5, 5.41) is 5.72. The Kier molecular flexibility index (Phi) is 12.6. The first-order chi connectivity index (χ1) is 27.9. The Morgan fingerprint density at radius 1 is 1.03 bits per heavy atom. The number of aromatic nitrogens is 3. The van der Waals surface area contributed by atoms with E-state index in [1.165, 1.54) is 28.8 Å². The fourth-order valence-electron chi connectivity index (χ4n) is 7.37. The molecule has 306 valence electrons. The van der Waals surface area contributed by atoms with Crippen LogP contribution in [-0.4, -0.2) is 54.0 Å². The van der Waals surface area contributed by atoms with E-state index in [1.54, 1.807) is 43.6 Å². The highest BCUT2D eigenvalue weighted by atomic mass is 35.5. The SMILES string of the molecule is COC(=O)c1c(C(F)(F)F)c2c(-c3c(COC4CCCCO4)nn(C)c3C)c(Cl)ccc2n1CCCOc1cc(SCc2ccc(OC)cc2)cc2cc(F)ccc12. The number of hydrogen-bond donors (Lipinski definition) is 0. The molecule has 1 unspecified atom stereocenters. The van der Waals surface area contributed by atoms with Crippen molar-refractivity contribution in [1.82, 2.24) is 14.3 Å². The summed E-state index contributed by atoms with van der Waals surface area (Å²) in [6.07, 6.45) is -2.70. The smallest absolute Gasteiger partial charge is 0.419 e. The van der Waals surface area contributed by atoms with Gasteiger partial charge < -0.3 is 28.3 Å². The van der Waals surface area contributed by atoms with E-state index < -0.39 is 35.5 Å². The molecule has 0 radical (unpaired) electrons. The van der Waals surface area contributed by atoms with Gasteiger partial charge in [-0.2, -0.15) is 18.3 Å². The van der Waals surface area contributed by atoms with Gasteiger partial charge in [0, 0.05) is 63.5 Å². The lowest BCUT2D eigenvalue weighted by atomic mass is 9.96. The molecule has 4 aromatic carbocycles. The summed E-state index contributed by atoms with van der Waals surface area (Å²) < 4.78 is 91.6. The summed E-state index contributed by atoms with van der Waals surface area (Å²) in [6.45, 7) is 2.29. The van der Waals surface area contributed by atoms with Crippen molar-refractivity contribution in [2.75, 3.05) is 27.4 Å². The van der Waals surface area contributed by atoms with Crippen LogP contribution < -0.4 is 9.47 Å². The van der Waals surface area contributed by atoms with Gasteiger partial charge in [-0.15, -0.1) is 11.8 Å². The molecule has 58 heavy (non-hydrogen) atoms. The van der Waals surface area contributed by atoms with Crippen LogP contribution in [0, 0.1) is 12.7 Å². The number of halogens is 5. The van der Waals surface area contributed by atoms with Crippen LogP contribution >= 0.6 is 23.4 Å². The van der Waals surface area contributed by atoms with E-state index in [2.05, 4.69) is 5.10 Å². The van der Waals surface area contributed by atoms with Crippen molar-refractivity contribution >= 4 is 51.0 Å². The molecule has 6 aromatic rings. The summed E-state index contributed by atoms with van der Waals surface area (Å²) in [5.41, 5.74) is 0.794. The molecule has 0 saturated carbocycles. The lowest BCUT2D eigenvalue weighted by Crippen LogP contribution is -2.22. The topological polar surface area (TPSA) is 86.0 Å². The van der Waals surface area contributed by atoms with Crippen LogP contribution in [0.5, 0.6) is 11.5 Å². The molecule has 1 aliphatic rings. The monoisotopic (exact) mass is 839 g/mol. The lowest BCUT2D eigenvalue weighted by Gasteiger charge is -2.22. The van der Waals surface area contributed by atoms with Gasteiger partial charge in [0.25, 0.3) is 0 Å². The summed E-state index contributed by atoms with van der Waals surface area (Å²) >= 11 is 8.38. The highest BCUT2D eigenvalue weighted by molar-refractivity contribution is 7.98. The third kappa shape index (κ3) is 8.66. The fourth-order valence-corrected chi connectivity index (χ4v) is 8.55. The van der Waals surface area contributed by atoms with Crippen LogP contribution in [0.25, 0.3) is 32.8 Å². The molecule has 0 aliphatic carbocycles. The minimum absolute atomic E-state index is 0.0276. The minimum atomic E-state index is -4.98. The van der Waals surface area contributed by atoms with Crippen LogP contribution in [0.2, 0.25) is 5.02 Å². The molecular formula is C43H42ClF4N3O6S. The normalized spacial score (nSPS) is 14.7. The van der Waals surface area contributed by atoms with Crippen molar-refractivity contribution in [3.63, 3.8) is 0 Å². The van der Waals surface area contributed by atoms with Gasteiger partial charge in [-0.05, 0) is 98.2 Å². The van der Waals surface area contributed by atoms with Crippen LogP contribution in [0.15, 0.2) is 71.6 Å². The van der Waals surface area contributed by atoms with E-state index in [0.717, 1.165) is 36.2 Å². The molecule has 1 aliphatic heterocycles. The summed E-state index contributed by atoms with van der Waals surface area (Å²) in [5.74, 6) is 0.328. The van der Waals surface area contributed by atoms with E-state index in [0.29, 0.717) is 52.3 Å². The Hall–Kier alpha value is -4.76. The summed E-state index contributed by atoms with van der Waals surface area (Å²) in [4.78, 5) is 14.2. The van der Waals surface area contributed by atoms with Crippen molar-refractivity contribution in [1.29, 1.82) is 0 Å². The second kappa shape index (κ2) is 17.6. The van der Waals surface area contributed by atoms with E-state index in [9.17, 15) is 9.18 Å². The van der Waals surface area contributed by atoms with E-state index in [-0.39, 0.29) is 47.7 Å². The Morgan fingerprint density at radius 3 is 2.53 bits per heavy atom. The van der Waals surface area contributed by atoms with Crippen LogP contribution in [0.4, 0.5) is 17.6 Å². The van der Waals surface area contributed by atoms with Gasteiger partial charge in [0.2, 0.25) is 0 Å². The highest BCUT2D eigenvalue weighted by Gasteiger charge is 2.43. The average molecular weight is 840 g/mol. The number of methoxy groups -OCH3 is 2. The third-order valence-corrected chi connectivity index (χ3v) is 11.6. The summed E-state index contributed by atoms with van der Waals surface area (Å²) in [7, 11) is 4.34. The second-order valence-corrected chi connectivity index (χ2v) is 15.4. The molecular weight excluding hydrogens is 798 g/mol. The number of benzene rings is 4. The Balaban J connectivity index is 1.22. The number of thioether (sulfide) groups is 1. The van der Waals surface area contributed by atoms with Crippen LogP contribution in [0.1, 0.15) is 58.7 Å². The predicted octanol–water partition coefficient (Wildman–Crippen LogP) is 10.9. The maximum Gasteiger partial charge on any atom is 0.419 e. The molecule has 15 heteroatoms. The molecule has 0 amide bonds. The van der Waals surface area contributed by atoms with Crippen molar-refractivity contribution < 1.29 is 46.0 Å². The molecule has 1 atom stereocenters. The largest absolute Gasteiger partial charge is 0.497 e. The number of nitrogens with zero attached hydrogens (tertiary/aromatic N) is 3. The molecule has 7 rings (SSSR count). The number of alkyl halides is 3. The van der Waals surface area contributed by atoms with Crippen LogP contribution in [0.3, 0.4) is 0 Å². The van der Waals surface area contributed by atoms with E-state index in [4.69, 9.17) is 35.3 Å². The molecule has 0 N–H and O–H groups in total. The Labute approximate surface area is 342 Å². The van der Waals surface area contributed by atoms with Gasteiger partial charge in [0.15, 0.2) is 6.29 Å². The summed E-state index contributed by atoms with van der Waals surface area (Å²) in [6, 6.07) is 18.9. The quantitative estimate of drug-likeness (QED) is 0.0464. The van der Waals surface area contributed by atoms with Gasteiger partial charge in [0.05, 0.1) is 44.2 Å². The first-order valence-corrected chi connectivity index (χ1v) is 20.1. The number of carbonyl (C=O) groups excluding carboxylic acids is 1. The molecule has 3 heterocycles. The number of esters is 1. The molecule has 1 saturated heterocycles. The van der Waals surface area contributed by atoms with Crippen molar-refractivity contribution in [2.45, 2.75) is 68.9 Å². The number of aryl methyl sites for hydroxylation is 2. The zero-order valence-electron chi connectivity index (χ0n) is 32.4. The number of carbonyl (C=O) groups is 1. The molecule has 9 nitrogen and oxygen atoms in total. The first kappa shape index (κ1) is 41.4. The van der Waals surface area contributed by atoms with Gasteiger partial charge in [-0.1, -0.05) is 23.7 Å². The molecule has 2 aromatic heterocycles. The Morgan fingerprint density at radius 2 is 1.83 bits per heavy atom. The number of ether oxygens (including phenoxy) is 5. The van der Waals surface area contributed by atoms with Gasteiger partial charge in [-0.3, -0.25) is 4.68 Å². The van der Waals surface area contributed by atoms with Crippen molar-refractivity contribution in [3.05, 3.63) is 106 Å². The third-order valence-electron chi connectivity index (χ3n) is 10.2. The number of rotatable bonds is 14.